The van der Waals surface area contributed by atoms with E-state index in [-0.39, 0.29) is 0 Å². The van der Waals surface area contributed by atoms with Gasteiger partial charge in [-0.2, -0.15) is 0 Å². The molecule has 0 aliphatic carbocycles. The zero-order chi connectivity index (χ0) is 38.6. The van der Waals surface area contributed by atoms with Gasteiger partial charge in [-0.05, 0) is 82.2 Å². The molecule has 4 aromatic heterocycles. The molecule has 0 atom stereocenters. The molecule has 59 heavy (non-hydrogen) atoms. The van der Waals surface area contributed by atoms with Crippen LogP contribution in [0.1, 0.15) is 0 Å². The molecule has 0 fully saturated rings. The Morgan fingerprint density at radius 2 is 0.847 bits per heavy atom. The predicted octanol–water partition coefficient (Wildman–Crippen LogP) is 13.7. The van der Waals surface area contributed by atoms with Crippen molar-refractivity contribution in [3.8, 4) is 28.6 Å². The van der Waals surface area contributed by atoms with Gasteiger partial charge in [0.2, 0.25) is 5.95 Å². The molecule has 5 nitrogen and oxygen atoms in total. The van der Waals surface area contributed by atoms with Gasteiger partial charge in [0.25, 0.3) is 0 Å². The maximum Gasteiger partial charge on any atom is 0.235 e. The molecule has 0 N–H and O–H groups in total. The van der Waals surface area contributed by atoms with Crippen LogP contribution in [0.4, 0.5) is 0 Å². The van der Waals surface area contributed by atoms with E-state index in [0.29, 0.717) is 5.95 Å². The second kappa shape index (κ2) is 12.2. The lowest BCUT2D eigenvalue weighted by Gasteiger charge is -2.14. The quantitative estimate of drug-likeness (QED) is 0.180. The van der Waals surface area contributed by atoms with Crippen LogP contribution in [-0.2, 0) is 0 Å². The second-order valence-corrected chi connectivity index (χ2v) is 15.4. The van der Waals surface area contributed by atoms with E-state index < -0.39 is 0 Å². The van der Waals surface area contributed by atoms with Crippen molar-refractivity contribution in [2.75, 3.05) is 0 Å². The number of hydrogen-bond acceptors (Lipinski definition) is 2. The topological polar surface area (TPSA) is 40.6 Å². The van der Waals surface area contributed by atoms with E-state index in [0.717, 1.165) is 66.4 Å². The lowest BCUT2D eigenvalue weighted by atomic mass is 10.1. The standard InChI is InChI=1S/C54H33N5/c1-3-16-35(17-4-1)51-53-52(45-30-37-19-9-10-20-38(37)31-48(45)58(53)40-28-27-34-15-7-8-18-36(34)29-40)56-54(55-51)59-47-26-14-12-24-42(47)44-32-49-43(33-50(44)59)41-23-11-13-25-46(41)57(49)39-21-5-2-6-22-39/h1-33H. The smallest absolute Gasteiger partial charge is 0.235 e. The zero-order valence-corrected chi connectivity index (χ0v) is 31.8. The van der Waals surface area contributed by atoms with Gasteiger partial charge in [-0.3, -0.25) is 4.57 Å². The van der Waals surface area contributed by atoms with Gasteiger partial charge in [0.1, 0.15) is 11.2 Å². The molecule has 0 bridgehead atoms. The molecule has 0 spiro atoms. The zero-order valence-electron chi connectivity index (χ0n) is 31.8. The van der Waals surface area contributed by atoms with Gasteiger partial charge in [-0.25, -0.2) is 9.97 Å². The molecular weight excluding hydrogens is 719 g/mol. The van der Waals surface area contributed by atoms with Gasteiger partial charge in [0.15, 0.2) is 0 Å². The van der Waals surface area contributed by atoms with E-state index in [2.05, 4.69) is 214 Å². The molecule has 13 aromatic rings. The van der Waals surface area contributed by atoms with Gasteiger partial charge >= 0.3 is 0 Å². The largest absolute Gasteiger partial charge is 0.309 e. The van der Waals surface area contributed by atoms with Crippen LogP contribution in [0.3, 0.4) is 0 Å². The Bertz CT molecular complexity index is 3830. The third-order valence-corrected chi connectivity index (χ3v) is 12.2. The summed E-state index contributed by atoms with van der Waals surface area (Å²) in [6.07, 6.45) is 0. The van der Waals surface area contributed by atoms with Crippen molar-refractivity contribution in [1.82, 2.24) is 23.7 Å². The van der Waals surface area contributed by atoms with Gasteiger partial charge in [0, 0.05) is 43.9 Å². The summed E-state index contributed by atoms with van der Waals surface area (Å²) in [5, 5.41) is 10.5. The number of hydrogen-bond donors (Lipinski definition) is 0. The van der Waals surface area contributed by atoms with Crippen LogP contribution in [0, 0.1) is 0 Å². The number of benzene rings is 9. The number of nitrogens with zero attached hydrogens (tertiary/aromatic N) is 5. The fourth-order valence-corrected chi connectivity index (χ4v) is 9.55. The first kappa shape index (κ1) is 32.1. The van der Waals surface area contributed by atoms with Crippen LogP contribution in [-0.4, -0.2) is 23.7 Å². The molecule has 0 amide bonds. The second-order valence-electron chi connectivity index (χ2n) is 15.4. The van der Waals surface area contributed by atoms with Gasteiger partial charge in [-0.1, -0.05) is 140 Å². The first-order chi connectivity index (χ1) is 29.3. The highest BCUT2D eigenvalue weighted by Gasteiger charge is 2.25. The Morgan fingerprint density at radius 1 is 0.305 bits per heavy atom. The summed E-state index contributed by atoms with van der Waals surface area (Å²) in [5.74, 6) is 0.638. The van der Waals surface area contributed by atoms with Crippen molar-refractivity contribution in [2.45, 2.75) is 0 Å². The molecule has 0 saturated carbocycles. The van der Waals surface area contributed by atoms with E-state index in [1.165, 1.54) is 43.4 Å². The van der Waals surface area contributed by atoms with Crippen LogP contribution < -0.4 is 0 Å². The lowest BCUT2D eigenvalue weighted by Crippen LogP contribution is -2.05. The molecule has 0 aliphatic heterocycles. The van der Waals surface area contributed by atoms with Crippen LogP contribution >= 0.6 is 0 Å². The Kier molecular flexibility index (Phi) is 6.66. The van der Waals surface area contributed by atoms with Crippen LogP contribution in [0.5, 0.6) is 0 Å². The Balaban J connectivity index is 1.19. The summed E-state index contributed by atoms with van der Waals surface area (Å²) in [7, 11) is 0. The monoisotopic (exact) mass is 751 g/mol. The van der Waals surface area contributed by atoms with Crippen LogP contribution in [0.2, 0.25) is 0 Å². The molecule has 4 heterocycles. The molecule has 5 heteroatoms. The fraction of sp³-hybridized carbons (Fsp3) is 0. The van der Waals surface area contributed by atoms with Crippen molar-refractivity contribution in [1.29, 1.82) is 0 Å². The Labute approximate surface area is 338 Å². The Morgan fingerprint density at radius 3 is 1.56 bits per heavy atom. The van der Waals surface area contributed by atoms with Crippen LogP contribution in [0.15, 0.2) is 200 Å². The predicted molar refractivity (Wildman–Crippen MR) is 245 cm³/mol. The van der Waals surface area contributed by atoms with Crippen molar-refractivity contribution in [3.63, 3.8) is 0 Å². The summed E-state index contributed by atoms with van der Waals surface area (Å²) >= 11 is 0. The van der Waals surface area contributed by atoms with Crippen molar-refractivity contribution >= 4 is 87.1 Å². The highest BCUT2D eigenvalue weighted by molar-refractivity contribution is 6.20. The number of rotatable bonds is 4. The fourth-order valence-electron chi connectivity index (χ4n) is 9.55. The molecular formula is C54H33N5. The molecule has 0 aliphatic rings. The third kappa shape index (κ3) is 4.67. The summed E-state index contributed by atoms with van der Waals surface area (Å²) in [6, 6.07) is 71.9. The molecule has 0 radical (unpaired) electrons. The van der Waals surface area contributed by atoms with Crippen LogP contribution in [0.25, 0.3) is 116 Å². The highest BCUT2D eigenvalue weighted by atomic mass is 15.2. The number of aromatic nitrogens is 5. The number of fused-ring (bicyclic) bond motifs is 11. The van der Waals surface area contributed by atoms with Crippen molar-refractivity contribution < 1.29 is 0 Å². The SMILES string of the molecule is c1ccc(-c2nc(-n3c4ccccc4c4cc5c(cc43)c3ccccc3n5-c3ccccc3)nc3c4cc5ccccc5cc4n(-c4ccc5ccccc5c4)c23)cc1. The highest BCUT2D eigenvalue weighted by Crippen LogP contribution is 2.42. The summed E-state index contributed by atoms with van der Waals surface area (Å²) in [6.45, 7) is 0. The normalized spacial score (nSPS) is 12.1. The molecule has 9 aromatic carbocycles. The number of para-hydroxylation sites is 3. The van der Waals surface area contributed by atoms with Crippen molar-refractivity contribution in [3.05, 3.63) is 200 Å². The van der Waals surface area contributed by atoms with Gasteiger partial charge in [-0.15, -0.1) is 0 Å². The van der Waals surface area contributed by atoms with E-state index in [1.54, 1.807) is 0 Å². The third-order valence-electron chi connectivity index (χ3n) is 12.2. The van der Waals surface area contributed by atoms with E-state index >= 15 is 0 Å². The molecule has 13 rings (SSSR count). The first-order valence-electron chi connectivity index (χ1n) is 20.1. The minimum atomic E-state index is 0.638. The average molecular weight is 752 g/mol. The van der Waals surface area contributed by atoms with Crippen molar-refractivity contribution in [2.24, 2.45) is 0 Å². The maximum absolute atomic E-state index is 5.67. The average Bonchev–Trinajstić information content (AvgIpc) is 3.92. The molecule has 0 unspecified atom stereocenters. The minimum Gasteiger partial charge on any atom is -0.309 e. The first-order valence-corrected chi connectivity index (χ1v) is 20.1. The maximum atomic E-state index is 5.67. The van der Waals surface area contributed by atoms with E-state index in [4.69, 9.17) is 9.97 Å². The minimum absolute atomic E-state index is 0.638. The van der Waals surface area contributed by atoms with E-state index in [1.807, 2.05) is 0 Å². The van der Waals surface area contributed by atoms with E-state index in [9.17, 15) is 0 Å². The lowest BCUT2D eigenvalue weighted by molar-refractivity contribution is 1.01. The van der Waals surface area contributed by atoms with Gasteiger partial charge < -0.3 is 9.13 Å². The molecule has 274 valence electrons. The summed E-state index contributed by atoms with van der Waals surface area (Å²) in [5.41, 5.74) is 11.6. The van der Waals surface area contributed by atoms with Gasteiger partial charge in [0.05, 0.1) is 33.1 Å². The Hall–Kier alpha value is -8.02. The summed E-state index contributed by atoms with van der Waals surface area (Å²) < 4.78 is 7.05. The summed E-state index contributed by atoms with van der Waals surface area (Å²) in [4.78, 5) is 11.3. The molecule has 0 saturated heterocycles.